The molecule has 3 aromatic carbocycles. The smallest absolute Gasteiger partial charge is 0.319 e. The fraction of sp³-hybridized carbons (Fsp3) is 0.227. The number of hydrogen-bond acceptors (Lipinski definition) is 1. The molecule has 0 unspecified atom stereocenters. The third-order valence-corrected chi connectivity index (χ3v) is 5.07. The Labute approximate surface area is 148 Å². The summed E-state index contributed by atoms with van der Waals surface area (Å²) in [5.41, 5.74) is 2.37. The molecule has 1 fully saturated rings. The first-order chi connectivity index (χ1) is 12.2. The number of fused-ring (bicyclic) bond motifs is 1. The first kappa shape index (κ1) is 15.7. The average molecular weight is 330 g/mol. The van der Waals surface area contributed by atoms with Crippen LogP contribution >= 0.6 is 0 Å². The molecular weight excluding hydrogens is 308 g/mol. The summed E-state index contributed by atoms with van der Waals surface area (Å²) in [5.74, 6) is 0. The van der Waals surface area contributed by atoms with Crippen LogP contribution < -0.4 is 0 Å². The SMILES string of the molecule is C[C@@H](c1ccc2ccccc2c1)N1CCN(Cc2ccccc2)C1=O. The van der Waals surface area contributed by atoms with Gasteiger partial charge in [-0.05, 0) is 34.9 Å². The van der Waals surface area contributed by atoms with Crippen molar-refractivity contribution in [2.75, 3.05) is 13.1 Å². The minimum absolute atomic E-state index is 0.0814. The molecule has 0 N–H and O–H groups in total. The van der Waals surface area contributed by atoms with Crippen molar-refractivity contribution in [2.24, 2.45) is 0 Å². The van der Waals surface area contributed by atoms with E-state index in [0.717, 1.165) is 13.1 Å². The van der Waals surface area contributed by atoms with Crippen LogP contribution in [0.4, 0.5) is 4.79 Å². The molecule has 4 rings (SSSR count). The largest absolute Gasteiger partial charge is 0.320 e. The second-order valence-electron chi connectivity index (χ2n) is 6.67. The Hall–Kier alpha value is -2.81. The molecule has 0 saturated carbocycles. The summed E-state index contributed by atoms with van der Waals surface area (Å²) in [7, 11) is 0. The van der Waals surface area contributed by atoms with Gasteiger partial charge in [0.25, 0.3) is 0 Å². The standard InChI is InChI=1S/C22H22N2O/c1-17(20-12-11-19-9-5-6-10-21(19)15-20)24-14-13-23(22(24)25)16-18-7-3-2-4-8-18/h2-12,15,17H,13-14,16H2,1H3/t17-/m0/s1. The zero-order chi connectivity index (χ0) is 17.2. The minimum Gasteiger partial charge on any atom is -0.319 e. The molecular formula is C22H22N2O. The number of benzene rings is 3. The zero-order valence-corrected chi connectivity index (χ0v) is 14.4. The maximum Gasteiger partial charge on any atom is 0.320 e. The van der Waals surface area contributed by atoms with Gasteiger partial charge in [-0.1, -0.05) is 66.7 Å². The van der Waals surface area contributed by atoms with Crippen molar-refractivity contribution in [3.8, 4) is 0 Å². The summed E-state index contributed by atoms with van der Waals surface area (Å²) in [6.45, 7) is 4.36. The highest BCUT2D eigenvalue weighted by Gasteiger charge is 2.32. The predicted molar refractivity (Wildman–Crippen MR) is 101 cm³/mol. The van der Waals surface area contributed by atoms with Crippen LogP contribution in [-0.4, -0.2) is 28.9 Å². The van der Waals surface area contributed by atoms with E-state index in [1.165, 1.54) is 21.9 Å². The Morgan fingerprint density at radius 2 is 1.60 bits per heavy atom. The lowest BCUT2D eigenvalue weighted by atomic mass is 10.0. The molecule has 0 radical (unpaired) electrons. The fourth-order valence-corrected chi connectivity index (χ4v) is 3.56. The molecule has 126 valence electrons. The minimum atomic E-state index is 0.0814. The second kappa shape index (κ2) is 6.60. The monoisotopic (exact) mass is 330 g/mol. The summed E-state index contributed by atoms with van der Waals surface area (Å²) >= 11 is 0. The van der Waals surface area contributed by atoms with E-state index in [0.29, 0.717) is 6.54 Å². The van der Waals surface area contributed by atoms with Crippen molar-refractivity contribution in [3.05, 3.63) is 83.9 Å². The van der Waals surface area contributed by atoms with Gasteiger partial charge in [0.05, 0.1) is 6.04 Å². The van der Waals surface area contributed by atoms with Crippen LogP contribution in [0.25, 0.3) is 10.8 Å². The molecule has 3 aromatic rings. The highest BCUT2D eigenvalue weighted by molar-refractivity contribution is 5.83. The Kier molecular flexibility index (Phi) is 4.14. The van der Waals surface area contributed by atoms with Gasteiger partial charge in [-0.2, -0.15) is 0 Å². The van der Waals surface area contributed by atoms with Gasteiger partial charge in [0, 0.05) is 19.6 Å². The van der Waals surface area contributed by atoms with Crippen molar-refractivity contribution < 1.29 is 4.79 Å². The lowest BCUT2D eigenvalue weighted by molar-refractivity contribution is 0.179. The summed E-state index contributed by atoms with van der Waals surface area (Å²) in [6.07, 6.45) is 0. The van der Waals surface area contributed by atoms with E-state index in [-0.39, 0.29) is 12.1 Å². The van der Waals surface area contributed by atoms with Crippen LogP contribution in [0.1, 0.15) is 24.1 Å². The first-order valence-electron chi connectivity index (χ1n) is 8.80. The van der Waals surface area contributed by atoms with E-state index in [9.17, 15) is 4.79 Å². The van der Waals surface area contributed by atoms with Gasteiger partial charge in [0.2, 0.25) is 0 Å². The van der Waals surface area contributed by atoms with E-state index in [4.69, 9.17) is 0 Å². The highest BCUT2D eigenvalue weighted by atomic mass is 16.2. The predicted octanol–water partition coefficient (Wildman–Crippen LogP) is 4.84. The van der Waals surface area contributed by atoms with Gasteiger partial charge in [-0.3, -0.25) is 0 Å². The maximum absolute atomic E-state index is 12.8. The first-order valence-corrected chi connectivity index (χ1v) is 8.80. The molecule has 1 aliphatic rings. The molecule has 1 saturated heterocycles. The normalized spacial score (nSPS) is 15.8. The highest BCUT2D eigenvalue weighted by Crippen LogP contribution is 2.28. The van der Waals surface area contributed by atoms with Crippen LogP contribution in [0.2, 0.25) is 0 Å². The molecule has 1 heterocycles. The number of carbonyl (C=O) groups excluding carboxylic acids is 1. The van der Waals surface area contributed by atoms with Gasteiger partial charge in [-0.25, -0.2) is 4.79 Å². The second-order valence-corrected chi connectivity index (χ2v) is 6.67. The van der Waals surface area contributed by atoms with Crippen molar-refractivity contribution in [2.45, 2.75) is 19.5 Å². The quantitative estimate of drug-likeness (QED) is 0.671. The molecule has 2 amide bonds. The Morgan fingerprint density at radius 1 is 0.880 bits per heavy atom. The molecule has 1 atom stereocenters. The third-order valence-electron chi connectivity index (χ3n) is 5.07. The van der Waals surface area contributed by atoms with Crippen LogP contribution in [-0.2, 0) is 6.54 Å². The lowest BCUT2D eigenvalue weighted by Crippen LogP contribution is -2.33. The van der Waals surface area contributed by atoms with Crippen molar-refractivity contribution in [3.63, 3.8) is 0 Å². The Bertz CT molecular complexity index is 891. The number of carbonyl (C=O) groups is 1. The number of hydrogen-bond donors (Lipinski definition) is 0. The van der Waals surface area contributed by atoms with Gasteiger partial charge < -0.3 is 9.80 Å². The van der Waals surface area contributed by atoms with Crippen LogP contribution in [0.15, 0.2) is 72.8 Å². The number of nitrogens with zero attached hydrogens (tertiary/aromatic N) is 2. The van der Waals surface area contributed by atoms with Crippen molar-refractivity contribution in [1.82, 2.24) is 9.80 Å². The van der Waals surface area contributed by atoms with E-state index < -0.39 is 0 Å². The molecule has 0 aliphatic carbocycles. The van der Waals surface area contributed by atoms with Crippen LogP contribution in [0.5, 0.6) is 0 Å². The molecule has 0 spiro atoms. The van der Waals surface area contributed by atoms with E-state index in [1.54, 1.807) is 0 Å². The van der Waals surface area contributed by atoms with E-state index >= 15 is 0 Å². The topological polar surface area (TPSA) is 23.6 Å². The van der Waals surface area contributed by atoms with E-state index in [2.05, 4.69) is 61.5 Å². The molecule has 3 nitrogen and oxygen atoms in total. The number of rotatable bonds is 4. The number of urea groups is 1. The maximum atomic E-state index is 12.8. The molecule has 3 heteroatoms. The lowest BCUT2D eigenvalue weighted by Gasteiger charge is -2.25. The van der Waals surface area contributed by atoms with Crippen molar-refractivity contribution >= 4 is 16.8 Å². The van der Waals surface area contributed by atoms with Gasteiger partial charge >= 0.3 is 6.03 Å². The molecule has 1 aliphatic heterocycles. The van der Waals surface area contributed by atoms with Gasteiger partial charge in [-0.15, -0.1) is 0 Å². The van der Waals surface area contributed by atoms with Gasteiger partial charge in [0.1, 0.15) is 0 Å². The Morgan fingerprint density at radius 3 is 2.40 bits per heavy atom. The number of amides is 2. The average Bonchev–Trinajstić information content (AvgIpc) is 3.02. The van der Waals surface area contributed by atoms with Crippen LogP contribution in [0, 0.1) is 0 Å². The summed E-state index contributed by atoms with van der Waals surface area (Å²) in [4.78, 5) is 16.8. The Balaban J connectivity index is 1.52. The summed E-state index contributed by atoms with van der Waals surface area (Å²) in [6, 6.07) is 25.2. The summed E-state index contributed by atoms with van der Waals surface area (Å²) in [5, 5.41) is 2.46. The van der Waals surface area contributed by atoms with Gasteiger partial charge in [0.15, 0.2) is 0 Å². The molecule has 0 aromatic heterocycles. The molecule has 0 bridgehead atoms. The third kappa shape index (κ3) is 3.10. The zero-order valence-electron chi connectivity index (χ0n) is 14.4. The van der Waals surface area contributed by atoms with Crippen LogP contribution in [0.3, 0.4) is 0 Å². The van der Waals surface area contributed by atoms with Crippen molar-refractivity contribution in [1.29, 1.82) is 0 Å². The molecule has 25 heavy (non-hydrogen) atoms. The fourth-order valence-electron chi connectivity index (χ4n) is 3.56. The summed E-state index contributed by atoms with van der Waals surface area (Å²) < 4.78 is 0. The van der Waals surface area contributed by atoms with E-state index in [1.807, 2.05) is 28.0 Å².